The van der Waals surface area contributed by atoms with Gasteiger partial charge in [-0.2, -0.15) is 0 Å². The fraction of sp³-hybridized carbons (Fsp3) is 0.562. The second kappa shape index (κ2) is 6.97. The van der Waals surface area contributed by atoms with Gasteiger partial charge in [-0.05, 0) is 37.5 Å². The van der Waals surface area contributed by atoms with Crippen molar-refractivity contribution in [2.24, 2.45) is 5.73 Å². The van der Waals surface area contributed by atoms with Gasteiger partial charge in [-0.25, -0.2) is 12.8 Å². The van der Waals surface area contributed by atoms with E-state index in [4.69, 9.17) is 5.73 Å². The van der Waals surface area contributed by atoms with Crippen molar-refractivity contribution in [2.75, 3.05) is 18.6 Å². The van der Waals surface area contributed by atoms with Crippen molar-refractivity contribution in [3.05, 3.63) is 35.6 Å². The first kappa shape index (κ1) is 17.9. The van der Waals surface area contributed by atoms with Crippen molar-refractivity contribution >= 4 is 15.7 Å². The second-order valence-corrected chi connectivity index (χ2v) is 8.61. The molecule has 0 bridgehead atoms. The van der Waals surface area contributed by atoms with Gasteiger partial charge in [0, 0.05) is 24.8 Å². The molecule has 1 aliphatic rings. The molecule has 2 N–H and O–H groups in total. The molecule has 2 rings (SSSR count). The monoisotopic (exact) mass is 342 g/mol. The summed E-state index contributed by atoms with van der Waals surface area (Å²) in [5.74, 6) is -0.443. The van der Waals surface area contributed by atoms with Crippen molar-refractivity contribution in [1.29, 1.82) is 0 Å². The van der Waals surface area contributed by atoms with Crippen molar-refractivity contribution in [2.45, 2.75) is 37.8 Å². The highest BCUT2D eigenvalue weighted by molar-refractivity contribution is 7.90. The van der Waals surface area contributed by atoms with Crippen LogP contribution in [0.5, 0.6) is 0 Å². The Morgan fingerprint density at radius 2 is 2.00 bits per heavy atom. The number of carbonyl (C=O) groups is 1. The van der Waals surface area contributed by atoms with E-state index >= 15 is 0 Å². The maximum absolute atomic E-state index is 13.0. The van der Waals surface area contributed by atoms with E-state index in [-0.39, 0.29) is 35.9 Å². The van der Waals surface area contributed by atoms with Crippen LogP contribution in [0.15, 0.2) is 24.3 Å². The van der Waals surface area contributed by atoms with Crippen LogP contribution >= 0.6 is 0 Å². The molecule has 0 saturated carbocycles. The van der Waals surface area contributed by atoms with E-state index < -0.39 is 15.9 Å². The van der Waals surface area contributed by atoms with Gasteiger partial charge < -0.3 is 10.6 Å². The standard InChI is InChI=1S/C16H23FN2O3S/c1-11-9-13(12-3-5-14(17)6-4-12)10-19(11)16(20)15(18)7-8-23(2,21)22/h3-6,11,13,15H,7-10,18H2,1-2H3/t11-,13+,15-/m1/s1. The fourth-order valence-corrected chi connectivity index (χ4v) is 3.67. The molecule has 0 radical (unpaired) electrons. The smallest absolute Gasteiger partial charge is 0.239 e. The van der Waals surface area contributed by atoms with Crippen LogP contribution in [-0.4, -0.2) is 49.9 Å². The SMILES string of the molecule is C[C@@H]1C[C@H](c2ccc(F)cc2)CN1C(=O)[C@H](N)CCS(C)(=O)=O. The van der Waals surface area contributed by atoms with Gasteiger partial charge in [-0.1, -0.05) is 12.1 Å². The lowest BCUT2D eigenvalue weighted by Gasteiger charge is -2.25. The van der Waals surface area contributed by atoms with Crippen LogP contribution < -0.4 is 5.73 Å². The Bertz CT molecular complexity index is 660. The number of hydrogen-bond acceptors (Lipinski definition) is 4. The molecule has 0 aliphatic carbocycles. The van der Waals surface area contributed by atoms with Gasteiger partial charge in [0.1, 0.15) is 15.7 Å². The molecule has 128 valence electrons. The molecule has 0 spiro atoms. The zero-order valence-electron chi connectivity index (χ0n) is 13.4. The predicted octanol–water partition coefficient (Wildman–Crippen LogP) is 1.29. The molecule has 7 heteroatoms. The number of sulfone groups is 1. The lowest BCUT2D eigenvalue weighted by atomic mass is 9.97. The summed E-state index contributed by atoms with van der Waals surface area (Å²) in [5.41, 5.74) is 6.86. The van der Waals surface area contributed by atoms with Gasteiger partial charge >= 0.3 is 0 Å². The number of nitrogens with two attached hydrogens (primary N) is 1. The Balaban J connectivity index is 2.00. The molecule has 0 unspecified atom stereocenters. The largest absolute Gasteiger partial charge is 0.338 e. The van der Waals surface area contributed by atoms with Gasteiger partial charge in [0.25, 0.3) is 0 Å². The molecular formula is C16H23FN2O3S. The topological polar surface area (TPSA) is 80.5 Å². The van der Waals surface area contributed by atoms with E-state index in [1.807, 2.05) is 6.92 Å². The first-order chi connectivity index (χ1) is 10.7. The summed E-state index contributed by atoms with van der Waals surface area (Å²) in [6.07, 6.45) is 2.05. The van der Waals surface area contributed by atoms with E-state index in [2.05, 4.69) is 0 Å². The fourth-order valence-electron chi connectivity index (χ4n) is 2.99. The predicted molar refractivity (Wildman–Crippen MR) is 87.2 cm³/mol. The molecule has 3 atom stereocenters. The van der Waals surface area contributed by atoms with Crippen molar-refractivity contribution in [1.82, 2.24) is 4.90 Å². The summed E-state index contributed by atoms with van der Waals surface area (Å²) in [5, 5.41) is 0. The van der Waals surface area contributed by atoms with Gasteiger partial charge in [-0.15, -0.1) is 0 Å². The van der Waals surface area contributed by atoms with Crippen LogP contribution in [0.1, 0.15) is 31.2 Å². The number of amides is 1. The highest BCUT2D eigenvalue weighted by Crippen LogP contribution is 2.32. The number of halogens is 1. The number of rotatable bonds is 5. The number of nitrogens with zero attached hydrogens (tertiary/aromatic N) is 1. The van der Waals surface area contributed by atoms with Gasteiger partial charge in [0.2, 0.25) is 5.91 Å². The molecule has 23 heavy (non-hydrogen) atoms. The van der Waals surface area contributed by atoms with Crippen LogP contribution in [0, 0.1) is 5.82 Å². The first-order valence-corrected chi connectivity index (χ1v) is 9.72. The zero-order chi connectivity index (χ0) is 17.2. The summed E-state index contributed by atoms with van der Waals surface area (Å²) in [7, 11) is -3.13. The summed E-state index contributed by atoms with van der Waals surface area (Å²) in [6, 6.07) is 5.54. The lowest BCUT2D eigenvalue weighted by molar-refractivity contribution is -0.133. The third-order valence-electron chi connectivity index (χ3n) is 4.32. The normalized spacial score (nSPS) is 23.0. The Morgan fingerprint density at radius 1 is 1.39 bits per heavy atom. The summed E-state index contributed by atoms with van der Waals surface area (Å²) in [6.45, 7) is 2.48. The van der Waals surface area contributed by atoms with Crippen LogP contribution in [0.3, 0.4) is 0 Å². The first-order valence-electron chi connectivity index (χ1n) is 7.66. The molecule has 1 aromatic rings. The molecular weight excluding hydrogens is 319 g/mol. The summed E-state index contributed by atoms with van der Waals surface area (Å²) < 4.78 is 35.4. The average Bonchev–Trinajstić information content (AvgIpc) is 2.86. The minimum absolute atomic E-state index is 0.0295. The molecule has 1 heterocycles. The quantitative estimate of drug-likeness (QED) is 0.874. The van der Waals surface area contributed by atoms with E-state index in [0.29, 0.717) is 6.54 Å². The third-order valence-corrected chi connectivity index (χ3v) is 5.29. The number of likely N-dealkylation sites (tertiary alicyclic amines) is 1. The molecule has 1 fully saturated rings. The molecule has 1 amide bonds. The summed E-state index contributed by atoms with van der Waals surface area (Å²) in [4.78, 5) is 14.2. The van der Waals surface area contributed by atoms with Crippen molar-refractivity contribution in [3.63, 3.8) is 0 Å². The molecule has 1 aromatic carbocycles. The maximum atomic E-state index is 13.0. The third kappa shape index (κ3) is 4.75. The highest BCUT2D eigenvalue weighted by Gasteiger charge is 2.35. The molecule has 1 saturated heterocycles. The van der Waals surface area contributed by atoms with Crippen molar-refractivity contribution in [3.8, 4) is 0 Å². The zero-order valence-corrected chi connectivity index (χ0v) is 14.2. The second-order valence-electron chi connectivity index (χ2n) is 6.35. The summed E-state index contributed by atoms with van der Waals surface area (Å²) >= 11 is 0. The lowest BCUT2D eigenvalue weighted by Crippen LogP contribution is -2.46. The van der Waals surface area contributed by atoms with Gasteiger partial charge in [0.15, 0.2) is 0 Å². The minimum Gasteiger partial charge on any atom is -0.338 e. The molecule has 1 aliphatic heterocycles. The number of benzene rings is 1. The average molecular weight is 342 g/mol. The van der Waals surface area contributed by atoms with Crippen LogP contribution in [0.2, 0.25) is 0 Å². The molecule has 5 nitrogen and oxygen atoms in total. The van der Waals surface area contributed by atoms with Crippen LogP contribution in [-0.2, 0) is 14.6 Å². The van der Waals surface area contributed by atoms with E-state index in [1.54, 1.807) is 17.0 Å². The Labute approximate surface area is 136 Å². The maximum Gasteiger partial charge on any atom is 0.239 e. The minimum atomic E-state index is -3.13. The van der Waals surface area contributed by atoms with Gasteiger partial charge in [0.05, 0.1) is 11.8 Å². The molecule has 0 aromatic heterocycles. The Hall–Kier alpha value is -1.47. The van der Waals surface area contributed by atoms with Crippen molar-refractivity contribution < 1.29 is 17.6 Å². The van der Waals surface area contributed by atoms with E-state index in [0.717, 1.165) is 18.2 Å². The number of carbonyl (C=O) groups excluding carboxylic acids is 1. The van der Waals surface area contributed by atoms with Gasteiger partial charge in [-0.3, -0.25) is 4.79 Å². The van der Waals surface area contributed by atoms with Crippen LogP contribution in [0.25, 0.3) is 0 Å². The van der Waals surface area contributed by atoms with Crippen LogP contribution in [0.4, 0.5) is 4.39 Å². The Kier molecular flexibility index (Phi) is 5.41. The Morgan fingerprint density at radius 3 is 2.57 bits per heavy atom. The van der Waals surface area contributed by atoms with E-state index in [1.165, 1.54) is 12.1 Å². The highest BCUT2D eigenvalue weighted by atomic mass is 32.2. The van der Waals surface area contributed by atoms with E-state index in [9.17, 15) is 17.6 Å². The number of hydrogen-bond donors (Lipinski definition) is 1.